The highest BCUT2D eigenvalue weighted by Gasteiger charge is 2.14. The predicted octanol–water partition coefficient (Wildman–Crippen LogP) is 2.83. The van der Waals surface area contributed by atoms with Gasteiger partial charge < -0.3 is 14.5 Å². The second-order valence-electron chi connectivity index (χ2n) is 6.49. The molecule has 0 radical (unpaired) electrons. The largest absolute Gasteiger partial charge is 0.352 e. The van der Waals surface area contributed by atoms with Crippen LogP contribution < -0.4 is 10.9 Å². The summed E-state index contributed by atoms with van der Waals surface area (Å²) >= 11 is 0. The molecule has 1 aliphatic carbocycles. The molecule has 2 aliphatic rings. The van der Waals surface area contributed by atoms with E-state index in [4.69, 9.17) is 0 Å². The lowest BCUT2D eigenvalue weighted by molar-refractivity contribution is 0.294. The molecule has 0 saturated carbocycles. The van der Waals surface area contributed by atoms with Crippen molar-refractivity contribution in [3.05, 3.63) is 56.3 Å². The van der Waals surface area contributed by atoms with E-state index >= 15 is 0 Å². The molecular weight excluding hydrogens is 314 g/mol. The van der Waals surface area contributed by atoms with Gasteiger partial charge in [-0.25, -0.2) is 0 Å². The van der Waals surface area contributed by atoms with Gasteiger partial charge in [0.25, 0.3) is 0 Å². The normalized spacial score (nSPS) is 11.7. The number of aromatic amines is 1. The average Bonchev–Trinajstić information content (AvgIpc) is 2.59. The minimum absolute atomic E-state index is 0.454. The van der Waals surface area contributed by atoms with E-state index in [1.54, 1.807) is 0 Å². The van der Waals surface area contributed by atoms with Crippen molar-refractivity contribution in [3.8, 4) is 11.4 Å². The molecular formula is C20H25N3O2. The highest BCUT2D eigenvalue weighted by Crippen LogP contribution is 2.24. The molecule has 1 heterocycles. The third-order valence-corrected chi connectivity index (χ3v) is 4.82. The van der Waals surface area contributed by atoms with Gasteiger partial charge in [-0.1, -0.05) is 19.9 Å². The van der Waals surface area contributed by atoms with E-state index in [1.165, 1.54) is 12.1 Å². The molecule has 0 unspecified atom stereocenters. The van der Waals surface area contributed by atoms with Crippen LogP contribution in [0, 0.1) is 6.92 Å². The van der Waals surface area contributed by atoms with Crippen LogP contribution in [0.15, 0.2) is 39.9 Å². The van der Waals surface area contributed by atoms with Crippen molar-refractivity contribution in [1.82, 2.24) is 14.5 Å². The third-order valence-electron chi connectivity index (χ3n) is 4.82. The number of hydrogen-bond acceptors (Lipinski definition) is 3. The topological polar surface area (TPSA) is 58.1 Å². The molecule has 25 heavy (non-hydrogen) atoms. The highest BCUT2D eigenvalue weighted by atomic mass is 16.2. The molecule has 5 nitrogen and oxygen atoms in total. The van der Waals surface area contributed by atoms with Gasteiger partial charge in [-0.3, -0.25) is 9.59 Å². The number of benzene rings is 2. The lowest BCUT2D eigenvalue weighted by Gasteiger charge is -2.22. The maximum atomic E-state index is 11.9. The number of nitrogens with zero attached hydrogens (tertiary/aromatic N) is 2. The first-order valence-electron chi connectivity index (χ1n) is 8.93. The van der Waals surface area contributed by atoms with Crippen LogP contribution in [0.3, 0.4) is 0 Å². The van der Waals surface area contributed by atoms with Crippen molar-refractivity contribution >= 4 is 11.0 Å². The Balaban J connectivity index is 2.10. The van der Waals surface area contributed by atoms with Crippen molar-refractivity contribution in [3.63, 3.8) is 0 Å². The molecule has 1 aromatic carbocycles. The smallest absolute Gasteiger partial charge is 0.227 e. The van der Waals surface area contributed by atoms with E-state index in [9.17, 15) is 9.59 Å². The fraction of sp³-hybridized carbons (Fsp3) is 0.400. The zero-order valence-electron chi connectivity index (χ0n) is 15.1. The van der Waals surface area contributed by atoms with Crippen LogP contribution in [0.5, 0.6) is 0 Å². The molecule has 0 saturated heterocycles. The molecule has 0 fully saturated rings. The van der Waals surface area contributed by atoms with Crippen molar-refractivity contribution in [2.24, 2.45) is 0 Å². The summed E-state index contributed by atoms with van der Waals surface area (Å²) in [6, 6.07) is 9.10. The van der Waals surface area contributed by atoms with Gasteiger partial charge in [-0.05, 0) is 50.7 Å². The monoisotopic (exact) mass is 339 g/mol. The molecule has 0 amide bonds. The quantitative estimate of drug-likeness (QED) is 0.555. The van der Waals surface area contributed by atoms with Gasteiger partial charge in [0.05, 0.1) is 22.4 Å². The van der Waals surface area contributed by atoms with Crippen molar-refractivity contribution in [1.29, 1.82) is 0 Å². The summed E-state index contributed by atoms with van der Waals surface area (Å²) in [6.07, 6.45) is 0.988. The SMILES string of the molecule is CCN(CC)CCCn1c2cc(=O)c(=O)cc-2[nH]c2cc(C)ccc21. The molecule has 1 aromatic rings. The summed E-state index contributed by atoms with van der Waals surface area (Å²) < 4.78 is 2.16. The van der Waals surface area contributed by atoms with Crippen LogP contribution >= 0.6 is 0 Å². The van der Waals surface area contributed by atoms with Crippen LogP contribution in [-0.2, 0) is 6.54 Å². The van der Waals surface area contributed by atoms with E-state index in [0.29, 0.717) is 5.69 Å². The van der Waals surface area contributed by atoms with Crippen LogP contribution in [0.25, 0.3) is 22.4 Å². The van der Waals surface area contributed by atoms with Crippen LogP contribution in [0.2, 0.25) is 0 Å². The summed E-state index contributed by atoms with van der Waals surface area (Å²) in [7, 11) is 0. The molecule has 0 aromatic heterocycles. The maximum absolute atomic E-state index is 11.9. The van der Waals surface area contributed by atoms with Crippen LogP contribution in [0.4, 0.5) is 0 Å². The number of aryl methyl sites for hydroxylation is 2. The standard InChI is InChI=1S/C20H25N3O2/c1-4-22(5-2)9-6-10-23-17-8-7-14(3)11-15(17)21-16-12-19(24)20(25)13-18(16)23/h7-8,11-13,21H,4-6,9-10H2,1-3H3. The molecule has 0 bridgehead atoms. The average molecular weight is 339 g/mol. The Kier molecular flexibility index (Phi) is 5.04. The minimum Gasteiger partial charge on any atom is -0.352 e. The Hall–Kier alpha value is -2.40. The predicted molar refractivity (Wildman–Crippen MR) is 103 cm³/mol. The van der Waals surface area contributed by atoms with Crippen molar-refractivity contribution in [2.45, 2.75) is 33.7 Å². The zero-order chi connectivity index (χ0) is 18.0. The Morgan fingerprint density at radius 3 is 2.48 bits per heavy atom. The summed E-state index contributed by atoms with van der Waals surface area (Å²) in [5.41, 5.74) is 3.77. The number of hydrogen-bond donors (Lipinski definition) is 1. The first-order valence-corrected chi connectivity index (χ1v) is 8.93. The second-order valence-corrected chi connectivity index (χ2v) is 6.49. The molecule has 5 heteroatoms. The van der Waals surface area contributed by atoms with E-state index in [2.05, 4.69) is 46.5 Å². The Morgan fingerprint density at radius 2 is 1.76 bits per heavy atom. The van der Waals surface area contributed by atoms with E-state index in [1.807, 2.05) is 6.92 Å². The molecule has 132 valence electrons. The molecule has 1 aliphatic heterocycles. The van der Waals surface area contributed by atoms with E-state index in [0.717, 1.165) is 54.9 Å². The van der Waals surface area contributed by atoms with Gasteiger partial charge in [0.15, 0.2) is 0 Å². The van der Waals surface area contributed by atoms with Gasteiger partial charge in [0, 0.05) is 18.7 Å². The lowest BCUT2D eigenvalue weighted by Crippen LogP contribution is -2.26. The van der Waals surface area contributed by atoms with Crippen LogP contribution in [0.1, 0.15) is 25.8 Å². The van der Waals surface area contributed by atoms with Gasteiger partial charge in [-0.2, -0.15) is 0 Å². The highest BCUT2D eigenvalue weighted by molar-refractivity contribution is 5.81. The molecule has 0 atom stereocenters. The molecule has 1 N–H and O–H groups in total. The Labute approximate surface area is 147 Å². The second kappa shape index (κ2) is 7.23. The summed E-state index contributed by atoms with van der Waals surface area (Å²) in [5, 5.41) is 0. The molecule has 3 rings (SSSR count). The van der Waals surface area contributed by atoms with Crippen molar-refractivity contribution < 1.29 is 0 Å². The molecule has 0 spiro atoms. The first-order chi connectivity index (χ1) is 12.0. The fourth-order valence-electron chi connectivity index (χ4n) is 3.37. The minimum atomic E-state index is -0.467. The number of H-pyrrole nitrogens is 1. The Bertz CT molecular complexity index is 967. The van der Waals surface area contributed by atoms with Crippen LogP contribution in [-0.4, -0.2) is 34.1 Å². The van der Waals surface area contributed by atoms with Crippen molar-refractivity contribution in [2.75, 3.05) is 19.6 Å². The maximum Gasteiger partial charge on any atom is 0.227 e. The van der Waals surface area contributed by atoms with E-state index < -0.39 is 10.9 Å². The summed E-state index contributed by atoms with van der Waals surface area (Å²) in [6.45, 7) is 10.3. The number of rotatable bonds is 6. The van der Waals surface area contributed by atoms with Gasteiger partial charge in [-0.15, -0.1) is 0 Å². The van der Waals surface area contributed by atoms with Gasteiger partial charge in [0.2, 0.25) is 10.9 Å². The summed E-state index contributed by atoms with van der Waals surface area (Å²) in [4.78, 5) is 29.4. The Morgan fingerprint density at radius 1 is 1.04 bits per heavy atom. The van der Waals surface area contributed by atoms with E-state index in [-0.39, 0.29) is 0 Å². The lowest BCUT2D eigenvalue weighted by atomic mass is 10.1. The summed E-state index contributed by atoms with van der Waals surface area (Å²) in [5.74, 6) is 0. The first kappa shape index (κ1) is 17.4. The van der Waals surface area contributed by atoms with Gasteiger partial charge in [0.1, 0.15) is 0 Å². The third kappa shape index (κ3) is 3.51. The number of aromatic nitrogens is 2. The van der Waals surface area contributed by atoms with Gasteiger partial charge >= 0.3 is 0 Å². The number of fused-ring (bicyclic) bond motifs is 2. The number of nitrogens with one attached hydrogen (secondary N) is 1. The zero-order valence-corrected chi connectivity index (χ0v) is 15.1. The fourth-order valence-corrected chi connectivity index (χ4v) is 3.37.